The van der Waals surface area contributed by atoms with Gasteiger partial charge in [0.1, 0.15) is 11.3 Å². The van der Waals surface area contributed by atoms with Crippen LogP contribution in [0.5, 0.6) is 0 Å². The average Bonchev–Trinajstić information content (AvgIpc) is 3.55. The number of hydrogen-bond acceptors (Lipinski definition) is 7. The molecular weight excluding hydrogens is 495 g/mol. The second-order valence-electron chi connectivity index (χ2n) is 8.99. The first-order chi connectivity index (χ1) is 17.4. The lowest BCUT2D eigenvalue weighted by molar-refractivity contribution is -0.124. The topological polar surface area (TPSA) is 76.1 Å². The number of anilines is 1. The van der Waals surface area contributed by atoms with Gasteiger partial charge in [-0.15, -0.1) is 21.5 Å². The average molecular weight is 525 g/mol. The Hall–Kier alpha value is -2.98. The molecule has 0 spiro atoms. The van der Waals surface area contributed by atoms with Gasteiger partial charge >= 0.3 is 0 Å². The number of nitrogens with one attached hydrogen (secondary N) is 2. The fourth-order valence-electron chi connectivity index (χ4n) is 3.98. The van der Waals surface area contributed by atoms with Crippen LogP contribution in [0.15, 0.2) is 66.2 Å². The van der Waals surface area contributed by atoms with Gasteiger partial charge in [0.2, 0.25) is 11.0 Å². The summed E-state index contributed by atoms with van der Waals surface area (Å²) in [7, 11) is 0. The van der Waals surface area contributed by atoms with E-state index in [1.165, 1.54) is 23.5 Å². The SMILES string of the molecule is CCCNOCc1ccc(-c2ccc([C@H](c3cccc(F)c3)C(C)(C)C(=O)Nc3nncs3)s2)cc1. The minimum Gasteiger partial charge on any atom is -0.300 e. The zero-order valence-electron chi connectivity index (χ0n) is 20.5. The predicted octanol–water partition coefficient (Wildman–Crippen LogP) is 6.63. The van der Waals surface area contributed by atoms with E-state index in [4.69, 9.17) is 4.84 Å². The minimum absolute atomic E-state index is 0.204. The molecule has 0 fully saturated rings. The molecule has 0 saturated carbocycles. The number of hydroxylamine groups is 1. The maximum Gasteiger partial charge on any atom is 0.232 e. The van der Waals surface area contributed by atoms with Gasteiger partial charge in [-0.25, -0.2) is 9.87 Å². The molecule has 2 aromatic carbocycles. The van der Waals surface area contributed by atoms with Gasteiger partial charge in [-0.3, -0.25) is 9.63 Å². The van der Waals surface area contributed by atoms with E-state index < -0.39 is 5.41 Å². The molecule has 0 bridgehead atoms. The molecule has 1 amide bonds. The van der Waals surface area contributed by atoms with Gasteiger partial charge < -0.3 is 5.32 Å². The Morgan fingerprint density at radius 2 is 1.94 bits per heavy atom. The summed E-state index contributed by atoms with van der Waals surface area (Å²) in [5.74, 6) is -0.900. The normalized spacial score (nSPS) is 12.4. The standard InChI is InChI=1S/C27H29FN4O2S2/c1-4-14-30-34-16-18-8-10-19(11-9-18)22-12-13-23(36-22)24(20-6-5-7-21(28)15-20)27(2,3)25(33)31-26-32-29-17-35-26/h5-13,15,17,24,30H,4,14,16H2,1-3H3,(H,31,32,33)/t24-/m0/s1. The lowest BCUT2D eigenvalue weighted by Crippen LogP contribution is -2.36. The van der Waals surface area contributed by atoms with E-state index in [1.54, 1.807) is 22.9 Å². The van der Waals surface area contributed by atoms with E-state index in [2.05, 4.69) is 46.1 Å². The number of carbonyl (C=O) groups is 1. The minimum atomic E-state index is -0.895. The summed E-state index contributed by atoms with van der Waals surface area (Å²) in [6.07, 6.45) is 1.01. The molecule has 0 aliphatic rings. The number of halogens is 1. The smallest absolute Gasteiger partial charge is 0.232 e. The van der Waals surface area contributed by atoms with Gasteiger partial charge in [0, 0.05) is 22.2 Å². The van der Waals surface area contributed by atoms with Crippen LogP contribution in [0.1, 0.15) is 49.1 Å². The van der Waals surface area contributed by atoms with Crippen LogP contribution in [0.2, 0.25) is 0 Å². The predicted molar refractivity (Wildman–Crippen MR) is 143 cm³/mol. The van der Waals surface area contributed by atoms with Gasteiger partial charge in [0.05, 0.1) is 12.0 Å². The fraction of sp³-hybridized carbons (Fsp3) is 0.296. The van der Waals surface area contributed by atoms with Crippen molar-refractivity contribution in [2.24, 2.45) is 5.41 Å². The largest absolute Gasteiger partial charge is 0.300 e. The molecule has 4 rings (SSSR count). The Morgan fingerprint density at radius 1 is 1.14 bits per heavy atom. The molecule has 0 aliphatic carbocycles. The Balaban J connectivity index is 1.60. The van der Waals surface area contributed by atoms with Crippen molar-refractivity contribution in [2.45, 2.75) is 39.7 Å². The Labute approximate surface area is 218 Å². The number of thiophene rings is 1. The first kappa shape index (κ1) is 26.1. The van der Waals surface area contributed by atoms with Gasteiger partial charge in [0.25, 0.3) is 0 Å². The molecule has 4 aromatic rings. The van der Waals surface area contributed by atoms with E-state index in [0.29, 0.717) is 11.7 Å². The Morgan fingerprint density at radius 3 is 2.64 bits per heavy atom. The number of hydrogen-bond donors (Lipinski definition) is 2. The summed E-state index contributed by atoms with van der Waals surface area (Å²) >= 11 is 2.86. The zero-order chi connectivity index (χ0) is 25.5. The van der Waals surface area contributed by atoms with E-state index in [0.717, 1.165) is 39.4 Å². The molecule has 0 saturated heterocycles. The van der Waals surface area contributed by atoms with Crippen molar-refractivity contribution in [2.75, 3.05) is 11.9 Å². The summed E-state index contributed by atoms with van der Waals surface area (Å²) in [5, 5.41) is 11.0. The highest BCUT2D eigenvalue weighted by Gasteiger charge is 2.40. The molecule has 0 radical (unpaired) electrons. The molecule has 2 aromatic heterocycles. The quantitative estimate of drug-likeness (QED) is 0.170. The Kier molecular flexibility index (Phi) is 8.58. The highest BCUT2D eigenvalue weighted by Crippen LogP contribution is 2.46. The second-order valence-corrected chi connectivity index (χ2v) is 10.9. The lowest BCUT2D eigenvalue weighted by atomic mass is 9.73. The Bertz CT molecular complexity index is 1270. The summed E-state index contributed by atoms with van der Waals surface area (Å²) < 4.78 is 14.2. The van der Waals surface area contributed by atoms with E-state index >= 15 is 0 Å². The van der Waals surface area contributed by atoms with Crippen LogP contribution in [0.4, 0.5) is 9.52 Å². The van der Waals surface area contributed by atoms with Crippen molar-refractivity contribution in [3.8, 4) is 10.4 Å². The zero-order valence-corrected chi connectivity index (χ0v) is 22.1. The molecule has 0 unspecified atom stereocenters. The van der Waals surface area contributed by atoms with Crippen LogP contribution in [0.3, 0.4) is 0 Å². The van der Waals surface area contributed by atoms with E-state index in [9.17, 15) is 9.18 Å². The number of benzene rings is 2. The molecule has 2 heterocycles. The van der Waals surface area contributed by atoms with Gasteiger partial charge in [-0.05, 0) is 47.4 Å². The van der Waals surface area contributed by atoms with Crippen LogP contribution < -0.4 is 10.8 Å². The van der Waals surface area contributed by atoms with Crippen molar-refractivity contribution in [1.29, 1.82) is 0 Å². The maximum absolute atomic E-state index is 14.2. The molecule has 2 N–H and O–H groups in total. The van der Waals surface area contributed by atoms with Crippen molar-refractivity contribution >= 4 is 33.7 Å². The number of aromatic nitrogens is 2. The van der Waals surface area contributed by atoms with E-state index in [-0.39, 0.29) is 17.6 Å². The van der Waals surface area contributed by atoms with Crippen LogP contribution in [-0.2, 0) is 16.2 Å². The first-order valence-corrected chi connectivity index (χ1v) is 13.4. The number of amides is 1. The number of carbonyl (C=O) groups excluding carboxylic acids is 1. The van der Waals surface area contributed by atoms with Crippen molar-refractivity contribution < 1.29 is 14.0 Å². The van der Waals surface area contributed by atoms with Crippen molar-refractivity contribution in [3.63, 3.8) is 0 Å². The molecule has 1 atom stereocenters. The van der Waals surface area contributed by atoms with Crippen molar-refractivity contribution in [3.05, 3.63) is 88.0 Å². The highest BCUT2D eigenvalue weighted by molar-refractivity contribution is 7.15. The number of rotatable bonds is 11. The molecular formula is C27H29FN4O2S2. The van der Waals surface area contributed by atoms with E-state index in [1.807, 2.05) is 38.1 Å². The third-order valence-corrected chi connectivity index (χ3v) is 7.72. The molecule has 6 nitrogen and oxygen atoms in total. The third kappa shape index (κ3) is 6.22. The summed E-state index contributed by atoms with van der Waals surface area (Å²) in [6.45, 7) is 7.15. The molecule has 36 heavy (non-hydrogen) atoms. The summed E-state index contributed by atoms with van der Waals surface area (Å²) in [6, 6.07) is 18.8. The molecule has 0 aliphatic heterocycles. The highest BCUT2D eigenvalue weighted by atomic mass is 32.1. The third-order valence-electron chi connectivity index (χ3n) is 5.91. The maximum atomic E-state index is 14.2. The lowest BCUT2D eigenvalue weighted by Gasteiger charge is -2.32. The van der Waals surface area contributed by atoms with Crippen LogP contribution >= 0.6 is 22.7 Å². The summed E-state index contributed by atoms with van der Waals surface area (Å²) in [5.41, 5.74) is 6.50. The van der Waals surface area contributed by atoms with Gasteiger partial charge in [-0.2, -0.15) is 0 Å². The molecule has 188 valence electrons. The first-order valence-electron chi connectivity index (χ1n) is 11.7. The molecule has 9 heteroatoms. The monoisotopic (exact) mass is 524 g/mol. The van der Waals surface area contributed by atoms with Crippen LogP contribution in [0.25, 0.3) is 10.4 Å². The van der Waals surface area contributed by atoms with Crippen molar-refractivity contribution in [1.82, 2.24) is 15.7 Å². The van der Waals surface area contributed by atoms with Gasteiger partial charge in [-0.1, -0.05) is 68.5 Å². The second kappa shape index (κ2) is 11.8. The van der Waals surface area contributed by atoms with Gasteiger partial charge in [0.15, 0.2) is 0 Å². The van der Waals surface area contributed by atoms with Crippen LogP contribution in [-0.4, -0.2) is 22.6 Å². The fourth-order valence-corrected chi connectivity index (χ4v) is 5.75. The number of nitrogens with zero attached hydrogens (tertiary/aromatic N) is 2. The summed E-state index contributed by atoms with van der Waals surface area (Å²) in [4.78, 5) is 20.9. The van der Waals surface area contributed by atoms with Crippen LogP contribution in [0, 0.1) is 11.2 Å².